The number of aromatic nitrogens is 5. The Morgan fingerprint density at radius 3 is 2.95 bits per heavy atom. The van der Waals surface area contributed by atoms with Crippen molar-refractivity contribution >= 4 is 11.3 Å². The van der Waals surface area contributed by atoms with Crippen molar-refractivity contribution < 1.29 is 4.52 Å². The van der Waals surface area contributed by atoms with Gasteiger partial charge in [-0.3, -0.25) is 4.68 Å². The second-order valence-electron chi connectivity index (χ2n) is 4.53. The van der Waals surface area contributed by atoms with Crippen LogP contribution in [-0.2, 0) is 13.5 Å². The first-order valence-corrected chi connectivity index (χ1v) is 6.97. The van der Waals surface area contributed by atoms with Crippen molar-refractivity contribution in [3.8, 4) is 0 Å². The SMILES string of the molecule is Cc1csc(Cc2noc(C(N)c3cnn(C)c3)n2)n1. The zero-order valence-electron chi connectivity index (χ0n) is 11.1. The summed E-state index contributed by atoms with van der Waals surface area (Å²) in [5.41, 5.74) is 7.92. The third-order valence-electron chi connectivity index (χ3n) is 2.81. The van der Waals surface area contributed by atoms with Crippen LogP contribution >= 0.6 is 11.3 Å². The van der Waals surface area contributed by atoms with E-state index < -0.39 is 6.04 Å². The lowest BCUT2D eigenvalue weighted by molar-refractivity contribution is 0.363. The topological polar surface area (TPSA) is 95.7 Å². The van der Waals surface area contributed by atoms with E-state index in [1.54, 1.807) is 22.2 Å². The van der Waals surface area contributed by atoms with Crippen molar-refractivity contribution in [3.05, 3.63) is 45.8 Å². The van der Waals surface area contributed by atoms with Gasteiger partial charge in [-0.25, -0.2) is 4.98 Å². The number of nitrogens with two attached hydrogens (primary N) is 1. The van der Waals surface area contributed by atoms with E-state index in [1.165, 1.54) is 0 Å². The van der Waals surface area contributed by atoms with E-state index in [0.717, 1.165) is 16.3 Å². The summed E-state index contributed by atoms with van der Waals surface area (Å²) >= 11 is 1.58. The minimum atomic E-state index is -0.456. The molecular formula is C12H14N6OS. The van der Waals surface area contributed by atoms with Gasteiger partial charge in [0.05, 0.1) is 12.6 Å². The van der Waals surface area contributed by atoms with Gasteiger partial charge < -0.3 is 10.3 Å². The summed E-state index contributed by atoms with van der Waals surface area (Å²) in [7, 11) is 1.83. The zero-order valence-corrected chi connectivity index (χ0v) is 12.0. The van der Waals surface area contributed by atoms with Crippen LogP contribution in [0.25, 0.3) is 0 Å². The number of nitrogens with zero attached hydrogens (tertiary/aromatic N) is 5. The van der Waals surface area contributed by atoms with E-state index in [-0.39, 0.29) is 0 Å². The van der Waals surface area contributed by atoms with E-state index in [0.29, 0.717) is 18.1 Å². The van der Waals surface area contributed by atoms with Crippen molar-refractivity contribution in [1.29, 1.82) is 0 Å². The predicted molar refractivity (Wildman–Crippen MR) is 73.2 cm³/mol. The molecule has 7 nitrogen and oxygen atoms in total. The maximum absolute atomic E-state index is 6.08. The predicted octanol–water partition coefficient (Wildman–Crippen LogP) is 1.21. The van der Waals surface area contributed by atoms with Crippen LogP contribution in [0.3, 0.4) is 0 Å². The van der Waals surface area contributed by atoms with Gasteiger partial charge in [0, 0.05) is 29.9 Å². The van der Waals surface area contributed by atoms with E-state index in [4.69, 9.17) is 10.3 Å². The summed E-state index contributed by atoms with van der Waals surface area (Å²) in [5.74, 6) is 0.981. The van der Waals surface area contributed by atoms with Gasteiger partial charge in [-0.15, -0.1) is 11.3 Å². The molecule has 8 heteroatoms. The molecule has 1 atom stereocenters. The Balaban J connectivity index is 1.76. The first-order chi connectivity index (χ1) is 9.61. The van der Waals surface area contributed by atoms with Gasteiger partial charge in [-0.2, -0.15) is 10.1 Å². The van der Waals surface area contributed by atoms with Crippen LogP contribution in [-0.4, -0.2) is 24.9 Å². The van der Waals surface area contributed by atoms with E-state index in [2.05, 4.69) is 20.2 Å². The lowest BCUT2D eigenvalue weighted by atomic mass is 10.2. The quantitative estimate of drug-likeness (QED) is 0.776. The zero-order chi connectivity index (χ0) is 14.1. The fraction of sp³-hybridized carbons (Fsp3) is 0.333. The van der Waals surface area contributed by atoms with Crippen molar-refractivity contribution in [3.63, 3.8) is 0 Å². The third kappa shape index (κ3) is 2.61. The van der Waals surface area contributed by atoms with Gasteiger partial charge >= 0.3 is 0 Å². The normalized spacial score (nSPS) is 12.8. The van der Waals surface area contributed by atoms with Crippen LogP contribution in [0.1, 0.15) is 34.0 Å². The van der Waals surface area contributed by atoms with Crippen molar-refractivity contribution in [2.24, 2.45) is 12.8 Å². The maximum Gasteiger partial charge on any atom is 0.248 e. The summed E-state index contributed by atoms with van der Waals surface area (Å²) in [5, 5.41) is 11.0. The van der Waals surface area contributed by atoms with Crippen molar-refractivity contribution in [1.82, 2.24) is 24.9 Å². The van der Waals surface area contributed by atoms with Gasteiger partial charge in [0.25, 0.3) is 0 Å². The van der Waals surface area contributed by atoms with Crippen LogP contribution < -0.4 is 5.73 Å². The second kappa shape index (κ2) is 5.14. The van der Waals surface area contributed by atoms with Gasteiger partial charge in [0.1, 0.15) is 11.0 Å². The van der Waals surface area contributed by atoms with Crippen LogP contribution in [0.4, 0.5) is 0 Å². The summed E-state index contributed by atoms with van der Waals surface area (Å²) in [6.07, 6.45) is 4.08. The third-order valence-corrected chi connectivity index (χ3v) is 3.78. The molecule has 0 aliphatic heterocycles. The molecule has 0 aliphatic carbocycles. The molecule has 0 aliphatic rings. The molecule has 3 heterocycles. The average Bonchev–Trinajstić information content (AvgIpc) is 3.11. The molecule has 20 heavy (non-hydrogen) atoms. The van der Waals surface area contributed by atoms with Crippen molar-refractivity contribution in [2.75, 3.05) is 0 Å². The Morgan fingerprint density at radius 2 is 2.30 bits per heavy atom. The molecule has 1 unspecified atom stereocenters. The highest BCUT2D eigenvalue weighted by Crippen LogP contribution is 2.18. The van der Waals surface area contributed by atoms with Gasteiger partial charge in [0.15, 0.2) is 5.82 Å². The van der Waals surface area contributed by atoms with Crippen LogP contribution in [0.5, 0.6) is 0 Å². The fourth-order valence-electron chi connectivity index (χ4n) is 1.83. The molecule has 0 spiro atoms. The first-order valence-electron chi connectivity index (χ1n) is 6.09. The Morgan fingerprint density at radius 1 is 1.45 bits per heavy atom. The largest absolute Gasteiger partial charge is 0.337 e. The highest BCUT2D eigenvalue weighted by Gasteiger charge is 2.18. The summed E-state index contributed by atoms with van der Waals surface area (Å²) < 4.78 is 6.91. The summed E-state index contributed by atoms with van der Waals surface area (Å²) in [4.78, 5) is 8.70. The molecule has 0 amide bonds. The summed E-state index contributed by atoms with van der Waals surface area (Å²) in [6.45, 7) is 1.96. The number of hydrogen-bond acceptors (Lipinski definition) is 7. The van der Waals surface area contributed by atoms with Gasteiger partial charge in [-0.1, -0.05) is 5.16 Å². The van der Waals surface area contributed by atoms with Gasteiger partial charge in [0.2, 0.25) is 5.89 Å². The number of rotatable bonds is 4. The molecule has 2 N–H and O–H groups in total. The molecule has 3 aromatic heterocycles. The van der Waals surface area contributed by atoms with Crippen LogP contribution in [0.2, 0.25) is 0 Å². The number of thiazole rings is 1. The smallest absolute Gasteiger partial charge is 0.248 e. The molecule has 0 bridgehead atoms. The molecular weight excluding hydrogens is 276 g/mol. The lowest BCUT2D eigenvalue weighted by Gasteiger charge is -2.01. The molecule has 0 radical (unpaired) electrons. The van der Waals surface area contributed by atoms with E-state index in [1.807, 2.05) is 25.5 Å². The number of aryl methyl sites for hydroxylation is 2. The van der Waals surface area contributed by atoms with E-state index in [9.17, 15) is 0 Å². The molecule has 3 rings (SSSR count). The lowest BCUT2D eigenvalue weighted by Crippen LogP contribution is -2.11. The highest BCUT2D eigenvalue weighted by molar-refractivity contribution is 7.09. The minimum Gasteiger partial charge on any atom is -0.337 e. The van der Waals surface area contributed by atoms with Crippen molar-refractivity contribution in [2.45, 2.75) is 19.4 Å². The molecule has 0 saturated carbocycles. The molecule has 0 saturated heterocycles. The van der Waals surface area contributed by atoms with E-state index >= 15 is 0 Å². The molecule has 3 aromatic rings. The standard InChI is InChI=1S/C12H14N6OS/c1-7-6-20-10(15-7)3-9-16-12(19-17-9)11(13)8-4-14-18(2)5-8/h4-6,11H,3,13H2,1-2H3. The second-order valence-corrected chi connectivity index (χ2v) is 5.48. The molecule has 0 fully saturated rings. The Kier molecular flexibility index (Phi) is 3.33. The molecule has 0 aromatic carbocycles. The Hall–Kier alpha value is -2.06. The monoisotopic (exact) mass is 290 g/mol. The fourth-order valence-corrected chi connectivity index (χ4v) is 2.60. The molecule has 104 valence electrons. The Bertz CT molecular complexity index is 715. The minimum absolute atomic E-state index is 0.390. The van der Waals surface area contributed by atoms with Gasteiger partial charge in [-0.05, 0) is 6.92 Å². The highest BCUT2D eigenvalue weighted by atomic mass is 32.1. The number of hydrogen-bond donors (Lipinski definition) is 1. The average molecular weight is 290 g/mol. The van der Waals surface area contributed by atoms with Crippen LogP contribution in [0, 0.1) is 6.92 Å². The van der Waals surface area contributed by atoms with Crippen LogP contribution in [0.15, 0.2) is 22.3 Å². The maximum atomic E-state index is 6.08. The Labute approximate surface area is 119 Å². The first kappa shape index (κ1) is 12.9. The summed E-state index contributed by atoms with van der Waals surface area (Å²) in [6, 6.07) is -0.456.